The molecule has 1 aliphatic carbocycles. The molecule has 0 bridgehead atoms. The number of carbonyl (C=O) groups excluding carboxylic acids is 1. The third kappa shape index (κ3) is 5.49. The van der Waals surface area contributed by atoms with Crippen molar-refractivity contribution >= 4 is 5.91 Å². The van der Waals surface area contributed by atoms with Gasteiger partial charge in [0.15, 0.2) is 5.60 Å². The van der Waals surface area contributed by atoms with Crippen LogP contribution in [-0.2, 0) is 10.4 Å². The van der Waals surface area contributed by atoms with E-state index < -0.39 is 5.60 Å². The SMILES string of the molecule is CC(C)C(CCOc1ccccc1)C1CCN(C(=O)C(O)(c2ccccc2)C2CCCC2)CC1. The average Bonchev–Trinajstić information content (AvgIpc) is 3.42. The van der Waals surface area contributed by atoms with Crippen LogP contribution in [0.15, 0.2) is 60.7 Å². The van der Waals surface area contributed by atoms with Gasteiger partial charge < -0.3 is 14.7 Å². The van der Waals surface area contributed by atoms with E-state index in [1.54, 1.807) is 0 Å². The Morgan fingerprint density at radius 2 is 1.56 bits per heavy atom. The molecule has 2 unspecified atom stereocenters. The van der Waals surface area contributed by atoms with Gasteiger partial charge in [0, 0.05) is 19.0 Å². The number of aliphatic hydroxyl groups is 1. The van der Waals surface area contributed by atoms with Crippen LogP contribution in [-0.4, -0.2) is 35.6 Å². The highest BCUT2D eigenvalue weighted by atomic mass is 16.5. The van der Waals surface area contributed by atoms with Crippen molar-refractivity contribution in [3.63, 3.8) is 0 Å². The van der Waals surface area contributed by atoms with Gasteiger partial charge in [-0.3, -0.25) is 4.79 Å². The summed E-state index contributed by atoms with van der Waals surface area (Å²) in [7, 11) is 0. The van der Waals surface area contributed by atoms with Crippen LogP contribution in [0.4, 0.5) is 0 Å². The lowest BCUT2D eigenvalue weighted by Crippen LogP contribution is -2.53. The lowest BCUT2D eigenvalue weighted by atomic mass is 9.75. The summed E-state index contributed by atoms with van der Waals surface area (Å²) in [4.78, 5) is 15.7. The molecule has 1 N–H and O–H groups in total. The van der Waals surface area contributed by atoms with E-state index in [9.17, 15) is 9.90 Å². The fourth-order valence-corrected chi connectivity index (χ4v) is 6.28. The molecule has 0 radical (unpaired) electrons. The van der Waals surface area contributed by atoms with Gasteiger partial charge in [-0.2, -0.15) is 0 Å². The largest absolute Gasteiger partial charge is 0.494 e. The minimum absolute atomic E-state index is 0.0127. The maximum absolute atomic E-state index is 13.8. The Kier molecular flexibility index (Phi) is 8.31. The van der Waals surface area contributed by atoms with Crippen LogP contribution in [0.1, 0.15) is 64.4 Å². The van der Waals surface area contributed by atoms with Crippen molar-refractivity contribution in [1.82, 2.24) is 4.90 Å². The molecule has 2 aromatic carbocycles. The zero-order valence-corrected chi connectivity index (χ0v) is 20.9. The molecule has 4 nitrogen and oxygen atoms in total. The highest BCUT2D eigenvalue weighted by molar-refractivity contribution is 5.87. The van der Waals surface area contributed by atoms with Gasteiger partial charge >= 0.3 is 0 Å². The van der Waals surface area contributed by atoms with Crippen LogP contribution in [0.3, 0.4) is 0 Å². The second-order valence-corrected chi connectivity index (χ2v) is 10.6. The number of piperidine rings is 1. The molecule has 1 saturated heterocycles. The van der Waals surface area contributed by atoms with E-state index in [0.717, 1.165) is 76.0 Å². The second kappa shape index (κ2) is 11.4. The summed E-state index contributed by atoms with van der Waals surface area (Å²) in [5.74, 6) is 2.59. The van der Waals surface area contributed by atoms with E-state index >= 15 is 0 Å². The molecule has 2 fully saturated rings. The third-order valence-electron chi connectivity index (χ3n) is 8.24. The molecule has 4 rings (SSSR count). The van der Waals surface area contributed by atoms with Gasteiger partial charge in [0.1, 0.15) is 5.75 Å². The molecule has 1 saturated carbocycles. The summed E-state index contributed by atoms with van der Waals surface area (Å²) in [6.07, 6.45) is 7.05. The molecule has 4 heteroatoms. The molecule has 2 aliphatic rings. The number of nitrogens with zero attached hydrogens (tertiary/aromatic N) is 1. The summed E-state index contributed by atoms with van der Waals surface area (Å²) >= 11 is 0. The summed E-state index contributed by atoms with van der Waals surface area (Å²) < 4.78 is 5.99. The van der Waals surface area contributed by atoms with Crippen LogP contribution in [0.2, 0.25) is 0 Å². The zero-order chi connectivity index (χ0) is 24.0. The molecule has 1 aliphatic heterocycles. The topological polar surface area (TPSA) is 49.8 Å². The van der Waals surface area contributed by atoms with E-state index in [1.807, 2.05) is 65.6 Å². The van der Waals surface area contributed by atoms with Crippen LogP contribution in [0.25, 0.3) is 0 Å². The minimum atomic E-state index is -1.40. The van der Waals surface area contributed by atoms with Gasteiger partial charge in [-0.25, -0.2) is 0 Å². The molecule has 2 aromatic rings. The monoisotopic (exact) mass is 463 g/mol. The van der Waals surface area contributed by atoms with E-state index in [-0.39, 0.29) is 11.8 Å². The highest BCUT2D eigenvalue weighted by Crippen LogP contribution is 2.43. The molecular formula is C30H41NO3. The molecule has 2 atom stereocenters. The highest BCUT2D eigenvalue weighted by Gasteiger charge is 2.48. The Labute approximate surface area is 205 Å². The van der Waals surface area contributed by atoms with Crippen molar-refractivity contribution in [1.29, 1.82) is 0 Å². The van der Waals surface area contributed by atoms with E-state index in [1.165, 1.54) is 0 Å². The van der Waals surface area contributed by atoms with Crippen molar-refractivity contribution in [3.8, 4) is 5.75 Å². The summed E-state index contributed by atoms with van der Waals surface area (Å²) in [6, 6.07) is 19.7. The van der Waals surface area contributed by atoms with E-state index in [0.29, 0.717) is 17.8 Å². The van der Waals surface area contributed by atoms with Crippen LogP contribution >= 0.6 is 0 Å². The normalized spacial score (nSPS) is 20.3. The van der Waals surface area contributed by atoms with Crippen molar-refractivity contribution in [2.45, 2.75) is 64.4 Å². The van der Waals surface area contributed by atoms with Gasteiger partial charge in [-0.05, 0) is 67.6 Å². The molecule has 0 aromatic heterocycles. The van der Waals surface area contributed by atoms with Crippen LogP contribution in [0, 0.1) is 23.7 Å². The van der Waals surface area contributed by atoms with Crippen molar-refractivity contribution < 1.29 is 14.6 Å². The summed E-state index contributed by atoms with van der Waals surface area (Å²) in [6.45, 7) is 6.79. The minimum Gasteiger partial charge on any atom is -0.494 e. The lowest BCUT2D eigenvalue weighted by Gasteiger charge is -2.42. The summed E-state index contributed by atoms with van der Waals surface area (Å²) in [5, 5.41) is 11.9. The fraction of sp³-hybridized carbons (Fsp3) is 0.567. The Morgan fingerprint density at radius 1 is 0.971 bits per heavy atom. The van der Waals surface area contributed by atoms with Crippen molar-refractivity contribution in [2.24, 2.45) is 23.7 Å². The summed E-state index contributed by atoms with van der Waals surface area (Å²) in [5.41, 5.74) is -0.641. The standard InChI is InChI=1S/C30H41NO3/c1-23(2)28(19-22-34-27-15-7-4-8-16-27)24-17-20-31(21-18-24)29(32)30(33,26-13-9-10-14-26)25-11-5-3-6-12-25/h3-8,11-12,15-16,23-24,26,28,33H,9-10,13-14,17-22H2,1-2H3. The molecule has 184 valence electrons. The average molecular weight is 464 g/mol. The Morgan fingerprint density at radius 3 is 2.15 bits per heavy atom. The predicted molar refractivity (Wildman–Crippen MR) is 136 cm³/mol. The van der Waals surface area contributed by atoms with Gasteiger partial charge in [-0.15, -0.1) is 0 Å². The van der Waals surface area contributed by atoms with Crippen LogP contribution < -0.4 is 4.74 Å². The molecule has 1 amide bonds. The van der Waals surface area contributed by atoms with Gasteiger partial charge in [0.05, 0.1) is 6.61 Å². The number of carbonyl (C=O) groups is 1. The van der Waals surface area contributed by atoms with Crippen molar-refractivity contribution in [2.75, 3.05) is 19.7 Å². The zero-order valence-electron chi connectivity index (χ0n) is 20.9. The number of likely N-dealkylation sites (tertiary alicyclic amines) is 1. The van der Waals surface area contributed by atoms with E-state index in [4.69, 9.17) is 4.74 Å². The fourth-order valence-electron chi connectivity index (χ4n) is 6.28. The maximum atomic E-state index is 13.8. The van der Waals surface area contributed by atoms with Gasteiger partial charge in [-0.1, -0.05) is 75.2 Å². The first kappa shape index (κ1) is 24.8. The third-order valence-corrected chi connectivity index (χ3v) is 8.24. The quantitative estimate of drug-likeness (QED) is 0.493. The molecule has 0 spiro atoms. The number of benzene rings is 2. The molecule has 34 heavy (non-hydrogen) atoms. The van der Waals surface area contributed by atoms with E-state index in [2.05, 4.69) is 13.8 Å². The number of rotatable bonds is 9. The first-order valence-corrected chi connectivity index (χ1v) is 13.2. The van der Waals surface area contributed by atoms with Crippen LogP contribution in [0.5, 0.6) is 5.75 Å². The Bertz CT molecular complexity index is 886. The Hall–Kier alpha value is -2.33. The second-order valence-electron chi connectivity index (χ2n) is 10.6. The molecule has 1 heterocycles. The number of para-hydroxylation sites is 1. The van der Waals surface area contributed by atoms with Gasteiger partial charge in [0.25, 0.3) is 5.91 Å². The lowest BCUT2D eigenvalue weighted by molar-refractivity contribution is -0.161. The Balaban J connectivity index is 1.38. The van der Waals surface area contributed by atoms with Crippen molar-refractivity contribution in [3.05, 3.63) is 66.2 Å². The predicted octanol–water partition coefficient (Wildman–Crippen LogP) is 6.04. The first-order valence-electron chi connectivity index (χ1n) is 13.2. The number of amides is 1. The molecular weight excluding hydrogens is 422 g/mol. The number of hydrogen-bond donors (Lipinski definition) is 1. The smallest absolute Gasteiger partial charge is 0.259 e. The maximum Gasteiger partial charge on any atom is 0.259 e. The number of ether oxygens (including phenoxy) is 1. The first-order chi connectivity index (χ1) is 16.5. The number of hydrogen-bond acceptors (Lipinski definition) is 3. The van der Waals surface area contributed by atoms with Gasteiger partial charge in [0.2, 0.25) is 0 Å².